The molecular weight excluding hydrogens is 180 g/mol. The maximum Gasteiger partial charge on any atom is 0.321 e. The van der Waals surface area contributed by atoms with Crippen molar-refractivity contribution in [3.05, 3.63) is 30.1 Å². The van der Waals surface area contributed by atoms with Gasteiger partial charge in [0.05, 0.1) is 0 Å². The van der Waals surface area contributed by atoms with Crippen LogP contribution in [0.1, 0.15) is 19.4 Å². The summed E-state index contributed by atoms with van der Waals surface area (Å²) >= 11 is 0. The van der Waals surface area contributed by atoms with E-state index in [2.05, 4.69) is 4.98 Å². The third-order valence-electron chi connectivity index (χ3n) is 2.47. The molecule has 0 aliphatic heterocycles. The molecule has 0 spiro atoms. The second kappa shape index (κ2) is 3.75. The van der Waals surface area contributed by atoms with Crippen LogP contribution < -0.4 is 5.73 Å². The molecule has 1 heterocycles. The molecule has 0 amide bonds. The Balaban J connectivity index is 3.02. The van der Waals surface area contributed by atoms with Gasteiger partial charge in [0.2, 0.25) is 0 Å². The van der Waals surface area contributed by atoms with Gasteiger partial charge in [0.15, 0.2) is 0 Å². The molecule has 1 aromatic heterocycles. The van der Waals surface area contributed by atoms with Crippen molar-refractivity contribution in [2.75, 3.05) is 0 Å². The summed E-state index contributed by atoms with van der Waals surface area (Å²) < 4.78 is 0. The first-order valence-electron chi connectivity index (χ1n) is 4.35. The van der Waals surface area contributed by atoms with Crippen LogP contribution in [0.2, 0.25) is 0 Å². The molecule has 0 saturated heterocycles. The molecule has 14 heavy (non-hydrogen) atoms. The van der Waals surface area contributed by atoms with Gasteiger partial charge >= 0.3 is 5.97 Å². The summed E-state index contributed by atoms with van der Waals surface area (Å²) in [5.41, 5.74) is 5.90. The van der Waals surface area contributed by atoms with Crippen LogP contribution in [-0.2, 0) is 10.2 Å². The van der Waals surface area contributed by atoms with Gasteiger partial charge in [0.1, 0.15) is 6.04 Å². The first kappa shape index (κ1) is 10.7. The number of hydrogen-bond donors (Lipinski definition) is 2. The minimum absolute atomic E-state index is 0.589. The quantitative estimate of drug-likeness (QED) is 0.745. The third-order valence-corrected chi connectivity index (χ3v) is 2.47. The highest BCUT2D eigenvalue weighted by molar-refractivity contribution is 5.75. The Bertz CT molecular complexity index is 322. The molecule has 4 heteroatoms. The zero-order valence-corrected chi connectivity index (χ0v) is 8.27. The molecule has 0 bridgehead atoms. The lowest BCUT2D eigenvalue weighted by molar-refractivity contribution is -0.140. The molecule has 0 aliphatic carbocycles. The Morgan fingerprint density at radius 2 is 2.00 bits per heavy atom. The molecule has 0 radical (unpaired) electrons. The Labute approximate surface area is 82.8 Å². The largest absolute Gasteiger partial charge is 0.480 e. The summed E-state index contributed by atoms with van der Waals surface area (Å²) in [4.78, 5) is 14.7. The van der Waals surface area contributed by atoms with Crippen molar-refractivity contribution in [2.45, 2.75) is 25.3 Å². The number of carboxylic acid groups (broad SMARTS) is 1. The maximum absolute atomic E-state index is 10.8. The Morgan fingerprint density at radius 1 is 1.50 bits per heavy atom. The second-order valence-corrected chi connectivity index (χ2v) is 3.77. The van der Waals surface area contributed by atoms with E-state index < -0.39 is 17.4 Å². The monoisotopic (exact) mass is 194 g/mol. The molecule has 1 aromatic rings. The summed E-state index contributed by atoms with van der Waals surface area (Å²) in [6.07, 6.45) is 3.26. The van der Waals surface area contributed by atoms with E-state index in [4.69, 9.17) is 10.8 Å². The number of carboxylic acids is 1. The molecule has 1 unspecified atom stereocenters. The highest BCUT2D eigenvalue weighted by Gasteiger charge is 2.33. The predicted octanol–water partition coefficient (Wildman–Crippen LogP) is 0.771. The van der Waals surface area contributed by atoms with Crippen LogP contribution in [0, 0.1) is 0 Å². The number of aromatic nitrogens is 1. The van der Waals surface area contributed by atoms with E-state index in [9.17, 15) is 4.79 Å². The van der Waals surface area contributed by atoms with E-state index in [-0.39, 0.29) is 0 Å². The summed E-state index contributed by atoms with van der Waals surface area (Å²) in [5, 5.41) is 8.84. The van der Waals surface area contributed by atoms with Crippen molar-refractivity contribution in [2.24, 2.45) is 5.73 Å². The summed E-state index contributed by atoms with van der Waals surface area (Å²) in [6.45, 7) is 3.61. The Morgan fingerprint density at radius 3 is 2.43 bits per heavy atom. The molecule has 76 valence electrons. The number of carbonyl (C=O) groups is 1. The molecule has 0 saturated carbocycles. The maximum atomic E-state index is 10.8. The lowest BCUT2D eigenvalue weighted by atomic mass is 9.78. The van der Waals surface area contributed by atoms with Gasteiger partial charge in [0.25, 0.3) is 0 Å². The van der Waals surface area contributed by atoms with Crippen molar-refractivity contribution in [3.8, 4) is 0 Å². The van der Waals surface area contributed by atoms with Crippen LogP contribution in [0.25, 0.3) is 0 Å². The zero-order chi connectivity index (χ0) is 10.8. The van der Waals surface area contributed by atoms with Gasteiger partial charge in [-0.05, 0) is 17.7 Å². The SMILES string of the molecule is CC(C)(c1ccncc1)C(N)C(=O)O. The van der Waals surface area contributed by atoms with Crippen molar-refractivity contribution < 1.29 is 9.90 Å². The molecule has 1 atom stereocenters. The predicted molar refractivity (Wildman–Crippen MR) is 52.9 cm³/mol. The van der Waals surface area contributed by atoms with Crippen molar-refractivity contribution in [1.82, 2.24) is 4.98 Å². The van der Waals surface area contributed by atoms with Crippen LogP contribution in [0.15, 0.2) is 24.5 Å². The van der Waals surface area contributed by atoms with Crippen LogP contribution in [0.5, 0.6) is 0 Å². The van der Waals surface area contributed by atoms with E-state index in [1.54, 1.807) is 38.4 Å². The fourth-order valence-corrected chi connectivity index (χ4v) is 1.27. The molecule has 0 fully saturated rings. The zero-order valence-electron chi connectivity index (χ0n) is 8.27. The van der Waals surface area contributed by atoms with Crippen LogP contribution in [0.4, 0.5) is 0 Å². The van der Waals surface area contributed by atoms with Gasteiger partial charge < -0.3 is 10.8 Å². The average Bonchev–Trinajstić information content (AvgIpc) is 2.18. The minimum Gasteiger partial charge on any atom is -0.480 e. The lowest BCUT2D eigenvalue weighted by Crippen LogP contribution is -2.46. The first-order valence-corrected chi connectivity index (χ1v) is 4.35. The van der Waals surface area contributed by atoms with E-state index in [0.29, 0.717) is 0 Å². The molecule has 0 aliphatic rings. The molecule has 4 nitrogen and oxygen atoms in total. The number of hydrogen-bond acceptors (Lipinski definition) is 3. The highest BCUT2D eigenvalue weighted by Crippen LogP contribution is 2.25. The van der Waals surface area contributed by atoms with E-state index in [1.807, 2.05) is 0 Å². The summed E-state index contributed by atoms with van der Waals surface area (Å²) in [6, 6.07) is 2.65. The van der Waals surface area contributed by atoms with Gasteiger partial charge in [-0.15, -0.1) is 0 Å². The average molecular weight is 194 g/mol. The number of nitrogens with two attached hydrogens (primary N) is 1. The first-order chi connectivity index (χ1) is 6.46. The third kappa shape index (κ3) is 1.90. The van der Waals surface area contributed by atoms with Gasteiger partial charge in [-0.3, -0.25) is 9.78 Å². The number of aliphatic carboxylic acids is 1. The van der Waals surface area contributed by atoms with Gasteiger partial charge in [-0.1, -0.05) is 13.8 Å². The van der Waals surface area contributed by atoms with Gasteiger partial charge in [0, 0.05) is 17.8 Å². The van der Waals surface area contributed by atoms with Gasteiger partial charge in [-0.25, -0.2) is 0 Å². The topological polar surface area (TPSA) is 76.2 Å². The summed E-state index contributed by atoms with van der Waals surface area (Å²) in [5.74, 6) is -0.994. The Kier molecular flexibility index (Phi) is 2.86. The van der Waals surface area contributed by atoms with Crippen LogP contribution in [-0.4, -0.2) is 22.1 Å². The normalized spacial score (nSPS) is 13.6. The second-order valence-electron chi connectivity index (χ2n) is 3.77. The standard InChI is InChI=1S/C10H14N2O2/c1-10(2,8(11)9(13)14)7-3-5-12-6-4-7/h3-6,8H,11H2,1-2H3,(H,13,14). The molecule has 3 N–H and O–H groups in total. The fraction of sp³-hybridized carbons (Fsp3) is 0.400. The fourth-order valence-electron chi connectivity index (χ4n) is 1.27. The van der Waals surface area contributed by atoms with Gasteiger partial charge in [-0.2, -0.15) is 0 Å². The van der Waals surface area contributed by atoms with Crippen molar-refractivity contribution in [3.63, 3.8) is 0 Å². The van der Waals surface area contributed by atoms with E-state index in [0.717, 1.165) is 5.56 Å². The molecule has 1 rings (SSSR count). The minimum atomic E-state index is -0.994. The van der Waals surface area contributed by atoms with E-state index in [1.165, 1.54) is 0 Å². The van der Waals surface area contributed by atoms with Crippen LogP contribution in [0.3, 0.4) is 0 Å². The van der Waals surface area contributed by atoms with E-state index >= 15 is 0 Å². The van der Waals surface area contributed by atoms with Crippen molar-refractivity contribution >= 4 is 5.97 Å². The van der Waals surface area contributed by atoms with Crippen LogP contribution >= 0.6 is 0 Å². The molecule has 0 aromatic carbocycles. The lowest BCUT2D eigenvalue weighted by Gasteiger charge is -2.28. The summed E-state index contributed by atoms with van der Waals surface area (Å²) in [7, 11) is 0. The number of pyridine rings is 1. The number of nitrogens with zero attached hydrogens (tertiary/aromatic N) is 1. The van der Waals surface area contributed by atoms with Crippen molar-refractivity contribution in [1.29, 1.82) is 0 Å². The highest BCUT2D eigenvalue weighted by atomic mass is 16.4. The smallest absolute Gasteiger partial charge is 0.321 e. The Hall–Kier alpha value is -1.42. The number of rotatable bonds is 3. The molecular formula is C10H14N2O2.